The van der Waals surface area contributed by atoms with Crippen LogP contribution < -0.4 is 5.73 Å². The molecule has 1 atom stereocenters. The molecule has 0 saturated carbocycles. The highest BCUT2D eigenvalue weighted by atomic mass is 35.5. The normalized spacial score (nSPS) is 26.1. The van der Waals surface area contributed by atoms with E-state index < -0.39 is 5.60 Å². The van der Waals surface area contributed by atoms with E-state index >= 15 is 0 Å². The zero-order valence-corrected chi connectivity index (χ0v) is 12.8. The molecule has 1 amide bonds. The van der Waals surface area contributed by atoms with Crippen molar-refractivity contribution in [2.75, 3.05) is 19.8 Å². The van der Waals surface area contributed by atoms with Crippen molar-refractivity contribution in [2.24, 2.45) is 5.73 Å². The minimum Gasteiger partial charge on any atom is -0.444 e. The Kier molecular flexibility index (Phi) is 5.09. The minimum absolute atomic E-state index is 0. The van der Waals surface area contributed by atoms with Gasteiger partial charge in [-0.25, -0.2) is 4.79 Å². The molecule has 0 aromatic carbocycles. The standard InChI is InChI=1S/C13H24N2O3.ClH/c1-12(2,3)18-11(16)15-9-10(14)8-13(15)4-6-17-7-5-13;/h10H,4-9,14H2,1-3H3;1H. The number of carbonyl (C=O) groups excluding carboxylic acids is 1. The van der Waals surface area contributed by atoms with Gasteiger partial charge in [0.1, 0.15) is 5.60 Å². The summed E-state index contributed by atoms with van der Waals surface area (Å²) in [6.45, 7) is 7.65. The first-order valence-corrected chi connectivity index (χ1v) is 6.66. The maximum Gasteiger partial charge on any atom is 0.410 e. The fraction of sp³-hybridized carbons (Fsp3) is 0.923. The molecule has 0 aromatic rings. The summed E-state index contributed by atoms with van der Waals surface area (Å²) in [5.74, 6) is 0. The van der Waals surface area contributed by atoms with E-state index in [1.165, 1.54) is 0 Å². The van der Waals surface area contributed by atoms with Crippen LogP contribution in [0.5, 0.6) is 0 Å². The second-order valence-electron chi connectivity index (χ2n) is 6.39. The molecule has 2 rings (SSSR count). The number of nitrogens with two attached hydrogens (primary N) is 1. The van der Waals surface area contributed by atoms with Gasteiger partial charge in [-0.1, -0.05) is 0 Å². The van der Waals surface area contributed by atoms with Gasteiger partial charge >= 0.3 is 6.09 Å². The van der Waals surface area contributed by atoms with Crippen molar-refractivity contribution in [1.29, 1.82) is 0 Å². The summed E-state index contributed by atoms with van der Waals surface area (Å²) in [4.78, 5) is 14.1. The maximum absolute atomic E-state index is 12.3. The number of hydrogen-bond acceptors (Lipinski definition) is 4. The zero-order chi connectivity index (χ0) is 13.4. The predicted octanol–water partition coefficient (Wildman–Crippen LogP) is 1.93. The third kappa shape index (κ3) is 3.74. The second-order valence-corrected chi connectivity index (χ2v) is 6.39. The van der Waals surface area contributed by atoms with E-state index in [-0.39, 0.29) is 30.1 Å². The van der Waals surface area contributed by atoms with Gasteiger partial charge in [0.25, 0.3) is 0 Å². The minimum atomic E-state index is -0.462. The number of halogens is 1. The van der Waals surface area contributed by atoms with Crippen LogP contribution >= 0.6 is 12.4 Å². The summed E-state index contributed by atoms with van der Waals surface area (Å²) in [7, 11) is 0. The van der Waals surface area contributed by atoms with Crippen molar-refractivity contribution in [3.05, 3.63) is 0 Å². The third-order valence-corrected chi connectivity index (χ3v) is 3.67. The molecule has 1 unspecified atom stereocenters. The Morgan fingerprint density at radius 1 is 1.37 bits per heavy atom. The monoisotopic (exact) mass is 292 g/mol. The number of carbonyl (C=O) groups is 1. The topological polar surface area (TPSA) is 64.8 Å². The molecule has 2 aliphatic heterocycles. The van der Waals surface area contributed by atoms with Crippen LogP contribution in [0.4, 0.5) is 4.79 Å². The van der Waals surface area contributed by atoms with Crippen LogP contribution in [0.1, 0.15) is 40.0 Å². The van der Waals surface area contributed by atoms with E-state index in [1.807, 2.05) is 25.7 Å². The molecule has 0 radical (unpaired) electrons. The first-order chi connectivity index (χ1) is 8.32. The van der Waals surface area contributed by atoms with Gasteiger partial charge < -0.3 is 20.1 Å². The maximum atomic E-state index is 12.3. The summed E-state index contributed by atoms with van der Waals surface area (Å²) < 4.78 is 10.9. The Hall–Kier alpha value is -0.520. The fourth-order valence-electron chi connectivity index (χ4n) is 2.90. The second kappa shape index (κ2) is 5.85. The fourth-order valence-corrected chi connectivity index (χ4v) is 2.90. The van der Waals surface area contributed by atoms with Crippen LogP contribution in [0, 0.1) is 0 Å². The van der Waals surface area contributed by atoms with Gasteiger partial charge in [-0.15, -0.1) is 12.4 Å². The summed E-state index contributed by atoms with van der Waals surface area (Å²) in [6.07, 6.45) is 2.34. The quantitative estimate of drug-likeness (QED) is 0.741. The van der Waals surface area contributed by atoms with Gasteiger partial charge in [0.15, 0.2) is 0 Å². The van der Waals surface area contributed by atoms with E-state index in [0.29, 0.717) is 19.8 Å². The Morgan fingerprint density at radius 3 is 2.47 bits per heavy atom. The van der Waals surface area contributed by atoms with Gasteiger partial charge in [-0.2, -0.15) is 0 Å². The highest BCUT2D eigenvalue weighted by molar-refractivity contribution is 5.85. The van der Waals surface area contributed by atoms with E-state index in [0.717, 1.165) is 19.3 Å². The first kappa shape index (κ1) is 16.5. The van der Waals surface area contributed by atoms with Crippen molar-refractivity contribution in [3.63, 3.8) is 0 Å². The summed E-state index contributed by atoms with van der Waals surface area (Å²) >= 11 is 0. The van der Waals surface area contributed by atoms with Crippen molar-refractivity contribution >= 4 is 18.5 Å². The smallest absolute Gasteiger partial charge is 0.410 e. The molecule has 0 bridgehead atoms. The average molecular weight is 293 g/mol. The van der Waals surface area contributed by atoms with Crippen molar-refractivity contribution < 1.29 is 14.3 Å². The number of amides is 1. The van der Waals surface area contributed by atoms with Crippen LogP contribution in [-0.2, 0) is 9.47 Å². The van der Waals surface area contributed by atoms with E-state index in [4.69, 9.17) is 15.2 Å². The summed E-state index contributed by atoms with van der Waals surface area (Å²) in [6, 6.07) is 0.0515. The molecule has 2 N–H and O–H groups in total. The number of likely N-dealkylation sites (tertiary alicyclic amines) is 1. The largest absolute Gasteiger partial charge is 0.444 e. The molecule has 6 heteroatoms. The van der Waals surface area contributed by atoms with Gasteiger partial charge in [0.2, 0.25) is 0 Å². The summed E-state index contributed by atoms with van der Waals surface area (Å²) in [5, 5.41) is 0. The molecule has 2 fully saturated rings. The number of nitrogens with zero attached hydrogens (tertiary/aromatic N) is 1. The van der Waals surface area contributed by atoms with E-state index in [9.17, 15) is 4.79 Å². The molecule has 112 valence electrons. The molecule has 2 aliphatic rings. The van der Waals surface area contributed by atoms with Crippen molar-refractivity contribution in [3.8, 4) is 0 Å². The Morgan fingerprint density at radius 2 is 1.95 bits per heavy atom. The van der Waals surface area contributed by atoms with Crippen LogP contribution in [0.2, 0.25) is 0 Å². The van der Waals surface area contributed by atoms with Crippen LogP contribution in [0.25, 0.3) is 0 Å². The Balaban J connectivity index is 0.00000180. The molecular formula is C13H25ClN2O3. The SMILES string of the molecule is CC(C)(C)OC(=O)N1CC(N)CC12CCOCC2.Cl. The highest BCUT2D eigenvalue weighted by Gasteiger charge is 2.48. The van der Waals surface area contributed by atoms with Crippen LogP contribution in [0.3, 0.4) is 0 Å². The van der Waals surface area contributed by atoms with Crippen LogP contribution in [0.15, 0.2) is 0 Å². The average Bonchev–Trinajstić information content (AvgIpc) is 2.54. The number of hydrogen-bond donors (Lipinski definition) is 1. The van der Waals surface area contributed by atoms with Crippen molar-refractivity contribution in [2.45, 2.75) is 57.2 Å². The molecule has 0 aromatic heterocycles. The number of rotatable bonds is 0. The summed E-state index contributed by atoms with van der Waals surface area (Å²) in [5.41, 5.74) is 5.44. The van der Waals surface area contributed by atoms with E-state index in [1.54, 1.807) is 0 Å². The molecule has 5 nitrogen and oxygen atoms in total. The van der Waals surface area contributed by atoms with Gasteiger partial charge in [-0.05, 0) is 40.0 Å². The molecular weight excluding hydrogens is 268 g/mol. The van der Waals surface area contributed by atoms with E-state index in [2.05, 4.69) is 0 Å². The lowest BCUT2D eigenvalue weighted by molar-refractivity contribution is -0.0290. The zero-order valence-electron chi connectivity index (χ0n) is 12.0. The van der Waals surface area contributed by atoms with Gasteiger partial charge in [0.05, 0.1) is 5.54 Å². The Labute approximate surface area is 121 Å². The van der Waals surface area contributed by atoms with Crippen LogP contribution in [-0.4, -0.2) is 47.9 Å². The highest BCUT2D eigenvalue weighted by Crippen LogP contribution is 2.38. The lowest BCUT2D eigenvalue weighted by Crippen LogP contribution is -2.52. The molecule has 1 spiro atoms. The molecule has 2 saturated heterocycles. The molecule has 2 heterocycles. The third-order valence-electron chi connectivity index (χ3n) is 3.67. The predicted molar refractivity (Wildman–Crippen MR) is 75.6 cm³/mol. The van der Waals surface area contributed by atoms with Gasteiger partial charge in [-0.3, -0.25) is 0 Å². The molecule has 19 heavy (non-hydrogen) atoms. The van der Waals surface area contributed by atoms with Crippen molar-refractivity contribution in [1.82, 2.24) is 4.90 Å². The molecule has 0 aliphatic carbocycles. The van der Waals surface area contributed by atoms with Gasteiger partial charge in [0, 0.05) is 25.8 Å². The lowest BCUT2D eigenvalue weighted by Gasteiger charge is -2.41. The Bertz CT molecular complexity index is 324. The number of ether oxygens (including phenoxy) is 2. The first-order valence-electron chi connectivity index (χ1n) is 6.66. The lowest BCUT2D eigenvalue weighted by atomic mass is 9.87.